The van der Waals surface area contributed by atoms with Crippen molar-refractivity contribution in [2.24, 2.45) is 0 Å². The SMILES string of the molecule is O=C1C=C[C@](O)(CCO[C@@H]2O[C@H](CO)[C@@H](O)[C@H](O)[C@H]2O)[C@@H](O)C1. The first-order valence-electron chi connectivity index (χ1n) is 7.33. The normalized spacial score (nSPS) is 44.5. The molecule has 9 heteroatoms. The van der Waals surface area contributed by atoms with Crippen LogP contribution >= 0.6 is 0 Å². The number of rotatable bonds is 5. The lowest BCUT2D eigenvalue weighted by molar-refractivity contribution is -0.302. The summed E-state index contributed by atoms with van der Waals surface area (Å²) in [5.74, 6) is -0.294. The lowest BCUT2D eigenvalue weighted by Gasteiger charge is -2.40. The number of carbonyl (C=O) groups excluding carboxylic acids is 1. The van der Waals surface area contributed by atoms with Crippen LogP contribution < -0.4 is 0 Å². The molecule has 0 saturated carbocycles. The van der Waals surface area contributed by atoms with Crippen molar-refractivity contribution in [3.63, 3.8) is 0 Å². The van der Waals surface area contributed by atoms with Crippen LogP contribution in [0, 0.1) is 0 Å². The van der Waals surface area contributed by atoms with Crippen molar-refractivity contribution in [2.75, 3.05) is 13.2 Å². The Kier molecular flexibility index (Phi) is 5.87. The van der Waals surface area contributed by atoms with E-state index in [4.69, 9.17) is 14.6 Å². The lowest BCUT2D eigenvalue weighted by Crippen LogP contribution is -2.59. The van der Waals surface area contributed by atoms with E-state index in [9.17, 15) is 30.3 Å². The van der Waals surface area contributed by atoms with E-state index in [-0.39, 0.29) is 25.2 Å². The van der Waals surface area contributed by atoms with E-state index >= 15 is 0 Å². The third-order valence-electron chi connectivity index (χ3n) is 4.16. The van der Waals surface area contributed by atoms with Gasteiger partial charge in [0.15, 0.2) is 12.1 Å². The molecule has 132 valence electrons. The Morgan fingerprint density at radius 2 is 1.91 bits per heavy atom. The molecule has 1 fully saturated rings. The maximum absolute atomic E-state index is 11.1. The predicted molar refractivity (Wildman–Crippen MR) is 74.1 cm³/mol. The molecule has 0 bridgehead atoms. The van der Waals surface area contributed by atoms with Crippen molar-refractivity contribution in [1.82, 2.24) is 0 Å². The van der Waals surface area contributed by atoms with E-state index in [1.54, 1.807) is 0 Å². The van der Waals surface area contributed by atoms with Gasteiger partial charge in [-0.2, -0.15) is 0 Å². The zero-order valence-corrected chi connectivity index (χ0v) is 12.4. The summed E-state index contributed by atoms with van der Waals surface area (Å²) in [7, 11) is 0. The molecule has 0 radical (unpaired) electrons. The fraction of sp³-hybridized carbons (Fsp3) is 0.786. The van der Waals surface area contributed by atoms with Gasteiger partial charge >= 0.3 is 0 Å². The largest absolute Gasteiger partial charge is 0.394 e. The van der Waals surface area contributed by atoms with Crippen LogP contribution in [0.15, 0.2) is 12.2 Å². The number of allylic oxidation sites excluding steroid dienone is 1. The molecule has 7 atom stereocenters. The van der Waals surface area contributed by atoms with Gasteiger partial charge in [-0.15, -0.1) is 0 Å². The second-order valence-electron chi connectivity index (χ2n) is 5.83. The van der Waals surface area contributed by atoms with Crippen molar-refractivity contribution >= 4 is 5.78 Å². The van der Waals surface area contributed by atoms with Crippen molar-refractivity contribution in [3.05, 3.63) is 12.2 Å². The Balaban J connectivity index is 1.90. The van der Waals surface area contributed by atoms with Crippen molar-refractivity contribution < 1.29 is 44.9 Å². The highest BCUT2D eigenvalue weighted by Gasteiger charge is 2.44. The molecule has 0 spiro atoms. The average Bonchev–Trinajstić information content (AvgIpc) is 2.52. The Bertz CT molecular complexity index is 452. The molecular formula is C14H22O9. The van der Waals surface area contributed by atoms with Gasteiger partial charge in [0, 0.05) is 12.8 Å². The first kappa shape index (κ1) is 18.4. The van der Waals surface area contributed by atoms with Gasteiger partial charge in [-0.25, -0.2) is 0 Å². The Labute approximate surface area is 132 Å². The third-order valence-corrected chi connectivity index (χ3v) is 4.16. The summed E-state index contributed by atoms with van der Waals surface area (Å²) in [5.41, 5.74) is -1.64. The summed E-state index contributed by atoms with van der Waals surface area (Å²) in [6, 6.07) is 0. The number of ether oxygens (including phenoxy) is 2. The quantitative estimate of drug-likeness (QED) is 0.305. The Hall–Kier alpha value is -0.910. The fourth-order valence-corrected chi connectivity index (χ4v) is 2.58. The second kappa shape index (κ2) is 7.32. The van der Waals surface area contributed by atoms with E-state index in [1.165, 1.54) is 12.2 Å². The van der Waals surface area contributed by atoms with Crippen LogP contribution in [0.4, 0.5) is 0 Å². The summed E-state index contributed by atoms with van der Waals surface area (Å²) in [6.07, 6.45) is -6.12. The molecule has 1 heterocycles. The first-order chi connectivity index (χ1) is 10.8. The summed E-state index contributed by atoms with van der Waals surface area (Å²) < 4.78 is 10.4. The van der Waals surface area contributed by atoms with Crippen molar-refractivity contribution in [1.29, 1.82) is 0 Å². The molecule has 0 aromatic rings. The van der Waals surface area contributed by atoms with Crippen molar-refractivity contribution in [3.8, 4) is 0 Å². The predicted octanol–water partition coefficient (Wildman–Crippen LogP) is -3.19. The molecule has 2 rings (SSSR count). The van der Waals surface area contributed by atoms with E-state index in [2.05, 4.69) is 0 Å². The molecule has 0 unspecified atom stereocenters. The molecular weight excluding hydrogens is 312 g/mol. The van der Waals surface area contributed by atoms with Crippen LogP contribution in [0.2, 0.25) is 0 Å². The molecule has 23 heavy (non-hydrogen) atoms. The highest BCUT2D eigenvalue weighted by atomic mass is 16.7. The molecule has 0 amide bonds. The van der Waals surface area contributed by atoms with Crippen molar-refractivity contribution in [2.45, 2.75) is 55.3 Å². The zero-order chi connectivity index (χ0) is 17.2. The summed E-state index contributed by atoms with van der Waals surface area (Å²) in [6.45, 7) is -0.729. The minimum absolute atomic E-state index is 0.0764. The number of ketones is 1. The van der Waals surface area contributed by atoms with Crippen LogP contribution in [-0.2, 0) is 14.3 Å². The molecule has 9 nitrogen and oxygen atoms in total. The number of aliphatic hydroxyl groups excluding tert-OH is 5. The summed E-state index contributed by atoms with van der Waals surface area (Å²) in [5, 5.41) is 58.2. The van der Waals surface area contributed by atoms with Crippen LogP contribution in [-0.4, -0.2) is 92.0 Å². The average molecular weight is 334 g/mol. The van der Waals surface area contributed by atoms with Gasteiger partial charge in [0.05, 0.1) is 19.3 Å². The number of hydrogen-bond donors (Lipinski definition) is 6. The Morgan fingerprint density at radius 1 is 1.22 bits per heavy atom. The van der Waals surface area contributed by atoms with Crippen LogP contribution in [0.5, 0.6) is 0 Å². The molecule has 1 saturated heterocycles. The van der Waals surface area contributed by atoms with Crippen LogP contribution in [0.3, 0.4) is 0 Å². The standard InChI is InChI=1S/C14H22O9/c15-6-8-10(18)11(19)12(20)13(23-8)22-4-3-14(21)2-1-7(16)5-9(14)17/h1-2,8-13,15,17-21H,3-6H2/t8-,9+,10-,11+,12-,13-,14+/m1/s1. The monoisotopic (exact) mass is 334 g/mol. The van der Waals surface area contributed by atoms with Gasteiger partial charge in [-0.05, 0) is 12.2 Å². The highest BCUT2D eigenvalue weighted by Crippen LogP contribution is 2.26. The molecule has 1 aliphatic heterocycles. The van der Waals surface area contributed by atoms with Gasteiger partial charge in [0.2, 0.25) is 0 Å². The second-order valence-corrected chi connectivity index (χ2v) is 5.83. The third kappa shape index (κ3) is 3.95. The van der Waals surface area contributed by atoms with Crippen LogP contribution in [0.25, 0.3) is 0 Å². The minimum atomic E-state index is -1.64. The first-order valence-corrected chi connectivity index (χ1v) is 7.33. The van der Waals surface area contributed by atoms with E-state index < -0.39 is 49.0 Å². The molecule has 2 aliphatic rings. The van der Waals surface area contributed by atoms with Gasteiger partial charge < -0.3 is 40.1 Å². The zero-order valence-electron chi connectivity index (χ0n) is 12.4. The van der Waals surface area contributed by atoms with E-state index in [0.29, 0.717) is 0 Å². The summed E-state index contributed by atoms with van der Waals surface area (Å²) >= 11 is 0. The van der Waals surface area contributed by atoms with Crippen LogP contribution in [0.1, 0.15) is 12.8 Å². The molecule has 1 aliphatic carbocycles. The summed E-state index contributed by atoms with van der Waals surface area (Å²) in [4.78, 5) is 11.1. The van der Waals surface area contributed by atoms with Gasteiger partial charge in [-0.1, -0.05) is 0 Å². The number of carbonyl (C=O) groups is 1. The fourth-order valence-electron chi connectivity index (χ4n) is 2.58. The van der Waals surface area contributed by atoms with E-state index in [1.807, 2.05) is 0 Å². The highest BCUT2D eigenvalue weighted by molar-refractivity contribution is 5.91. The molecule has 0 aromatic heterocycles. The van der Waals surface area contributed by atoms with Gasteiger partial charge in [-0.3, -0.25) is 4.79 Å². The smallest absolute Gasteiger partial charge is 0.186 e. The lowest BCUT2D eigenvalue weighted by atomic mass is 9.85. The van der Waals surface area contributed by atoms with Gasteiger partial charge in [0.25, 0.3) is 0 Å². The molecule has 6 N–H and O–H groups in total. The minimum Gasteiger partial charge on any atom is -0.394 e. The van der Waals surface area contributed by atoms with E-state index in [0.717, 1.165) is 0 Å². The topological polar surface area (TPSA) is 157 Å². The number of hydrogen-bond acceptors (Lipinski definition) is 9. The maximum Gasteiger partial charge on any atom is 0.186 e. The Morgan fingerprint density at radius 3 is 2.52 bits per heavy atom. The van der Waals surface area contributed by atoms with Gasteiger partial charge in [0.1, 0.15) is 30.0 Å². The maximum atomic E-state index is 11.1. The number of aliphatic hydroxyl groups is 6. The molecule has 0 aromatic carbocycles.